The molecule has 0 bridgehead atoms. The highest BCUT2D eigenvalue weighted by molar-refractivity contribution is 5.80. The average Bonchev–Trinajstić information content (AvgIpc) is 2.54. The Bertz CT molecular complexity index is 513. The first-order valence-corrected chi connectivity index (χ1v) is 7.94. The molecule has 1 aliphatic heterocycles. The van der Waals surface area contributed by atoms with Crippen LogP contribution in [0.5, 0.6) is 5.75 Å². The Hall–Kier alpha value is -1.66. The molecule has 1 saturated heterocycles. The van der Waals surface area contributed by atoms with Gasteiger partial charge in [0.1, 0.15) is 11.6 Å². The molecule has 1 heterocycles. The first-order valence-electron chi connectivity index (χ1n) is 7.94. The second-order valence-electron chi connectivity index (χ2n) is 6.12. The van der Waals surface area contributed by atoms with Gasteiger partial charge in [-0.25, -0.2) is 4.39 Å². The zero-order valence-electron chi connectivity index (χ0n) is 13.7. The highest BCUT2D eigenvalue weighted by Gasteiger charge is 2.33. The molecule has 0 aliphatic carbocycles. The van der Waals surface area contributed by atoms with Gasteiger partial charge < -0.3 is 20.1 Å². The Balaban J connectivity index is 1.87. The predicted molar refractivity (Wildman–Crippen MR) is 85.9 cm³/mol. The van der Waals surface area contributed by atoms with E-state index in [0.717, 1.165) is 25.9 Å². The summed E-state index contributed by atoms with van der Waals surface area (Å²) in [5, 5.41) is 6.26. The maximum absolute atomic E-state index is 13.1. The number of hydrogen-bond donors (Lipinski definition) is 2. The van der Waals surface area contributed by atoms with Crippen LogP contribution in [-0.4, -0.2) is 45.4 Å². The van der Waals surface area contributed by atoms with Gasteiger partial charge in [-0.15, -0.1) is 0 Å². The number of ether oxygens (including phenoxy) is 2. The fourth-order valence-electron chi connectivity index (χ4n) is 2.85. The van der Waals surface area contributed by atoms with Crippen LogP contribution in [0.1, 0.15) is 19.8 Å². The summed E-state index contributed by atoms with van der Waals surface area (Å²) in [7, 11) is 1.68. The number of carbonyl (C=O) groups is 1. The molecule has 1 aliphatic rings. The van der Waals surface area contributed by atoms with Crippen LogP contribution in [-0.2, 0) is 9.53 Å². The molecule has 1 atom stereocenters. The number of methoxy groups -OCH3 is 1. The van der Waals surface area contributed by atoms with Crippen LogP contribution in [0.4, 0.5) is 4.39 Å². The smallest absolute Gasteiger partial charge is 0.260 e. The number of nitrogens with one attached hydrogen (secondary N) is 2. The van der Waals surface area contributed by atoms with E-state index in [1.54, 1.807) is 26.2 Å². The van der Waals surface area contributed by atoms with Gasteiger partial charge in [0.05, 0.1) is 6.61 Å². The lowest BCUT2D eigenvalue weighted by molar-refractivity contribution is -0.128. The molecule has 1 fully saturated rings. The number of hydrogen-bond acceptors (Lipinski definition) is 4. The lowest BCUT2D eigenvalue weighted by Crippen LogP contribution is -2.49. The number of carbonyl (C=O) groups excluding carboxylic acids is 1. The van der Waals surface area contributed by atoms with Crippen molar-refractivity contribution in [1.82, 2.24) is 10.6 Å². The summed E-state index contributed by atoms with van der Waals surface area (Å²) >= 11 is 0. The highest BCUT2D eigenvalue weighted by atomic mass is 19.1. The van der Waals surface area contributed by atoms with Gasteiger partial charge in [0, 0.05) is 25.1 Å². The van der Waals surface area contributed by atoms with E-state index in [2.05, 4.69) is 10.6 Å². The van der Waals surface area contributed by atoms with Gasteiger partial charge >= 0.3 is 0 Å². The van der Waals surface area contributed by atoms with Crippen LogP contribution in [0, 0.1) is 11.2 Å². The second-order valence-corrected chi connectivity index (χ2v) is 6.12. The van der Waals surface area contributed by atoms with Gasteiger partial charge in [-0.05, 0) is 45.0 Å². The van der Waals surface area contributed by atoms with Crippen molar-refractivity contribution in [3.8, 4) is 5.75 Å². The Kier molecular flexibility index (Phi) is 6.36. The Morgan fingerprint density at radius 1 is 1.43 bits per heavy atom. The zero-order valence-corrected chi connectivity index (χ0v) is 13.7. The van der Waals surface area contributed by atoms with Crippen molar-refractivity contribution in [3.63, 3.8) is 0 Å². The minimum Gasteiger partial charge on any atom is -0.481 e. The van der Waals surface area contributed by atoms with Crippen LogP contribution in [0.25, 0.3) is 0 Å². The van der Waals surface area contributed by atoms with Gasteiger partial charge in [0.2, 0.25) is 0 Å². The van der Waals surface area contributed by atoms with Crippen molar-refractivity contribution in [1.29, 1.82) is 0 Å². The molecular formula is C17H25FN2O3. The molecule has 0 spiro atoms. The molecule has 0 radical (unpaired) electrons. The lowest BCUT2D eigenvalue weighted by atomic mass is 9.79. The third kappa shape index (κ3) is 5.18. The minimum absolute atomic E-state index is 0.0335. The van der Waals surface area contributed by atoms with E-state index in [4.69, 9.17) is 9.47 Å². The summed E-state index contributed by atoms with van der Waals surface area (Å²) in [6, 6.07) is 5.79. The zero-order chi connectivity index (χ0) is 16.7. The van der Waals surface area contributed by atoms with Crippen molar-refractivity contribution in [2.24, 2.45) is 5.41 Å². The number of amides is 1. The van der Waals surface area contributed by atoms with E-state index in [9.17, 15) is 9.18 Å². The normalized spacial score (nSPS) is 18.2. The predicted octanol–water partition coefficient (Wildman–Crippen LogP) is 1.73. The van der Waals surface area contributed by atoms with Gasteiger partial charge in [-0.2, -0.15) is 0 Å². The first kappa shape index (κ1) is 17.7. The molecule has 0 saturated carbocycles. The Morgan fingerprint density at radius 3 is 2.83 bits per heavy atom. The number of benzene rings is 1. The molecular weight excluding hydrogens is 299 g/mol. The molecule has 1 aromatic carbocycles. The fraction of sp³-hybridized carbons (Fsp3) is 0.588. The van der Waals surface area contributed by atoms with E-state index in [1.165, 1.54) is 12.1 Å². The topological polar surface area (TPSA) is 59.6 Å². The van der Waals surface area contributed by atoms with E-state index < -0.39 is 6.10 Å². The first-order chi connectivity index (χ1) is 11.0. The number of halogens is 1. The Morgan fingerprint density at radius 2 is 2.17 bits per heavy atom. The summed E-state index contributed by atoms with van der Waals surface area (Å²) in [5.41, 5.74) is -0.0335. The maximum Gasteiger partial charge on any atom is 0.260 e. The molecule has 128 valence electrons. The van der Waals surface area contributed by atoms with E-state index >= 15 is 0 Å². The van der Waals surface area contributed by atoms with Crippen LogP contribution in [0.15, 0.2) is 24.3 Å². The number of rotatable bonds is 7. The van der Waals surface area contributed by atoms with Crippen molar-refractivity contribution in [2.75, 3.05) is 33.4 Å². The monoisotopic (exact) mass is 324 g/mol. The van der Waals surface area contributed by atoms with E-state index in [-0.39, 0.29) is 17.1 Å². The maximum atomic E-state index is 13.1. The van der Waals surface area contributed by atoms with Crippen LogP contribution in [0.3, 0.4) is 0 Å². The van der Waals surface area contributed by atoms with Gasteiger partial charge in [0.15, 0.2) is 6.10 Å². The minimum atomic E-state index is -0.682. The van der Waals surface area contributed by atoms with Gasteiger partial charge in [0.25, 0.3) is 5.91 Å². The van der Waals surface area contributed by atoms with Gasteiger partial charge in [-0.1, -0.05) is 6.07 Å². The molecule has 2 rings (SSSR count). The number of piperidine rings is 1. The molecule has 5 nitrogen and oxygen atoms in total. The summed E-state index contributed by atoms with van der Waals surface area (Å²) in [5.74, 6) is -0.242. The average molecular weight is 324 g/mol. The molecule has 0 aromatic heterocycles. The second kappa shape index (κ2) is 8.26. The van der Waals surface area contributed by atoms with Crippen molar-refractivity contribution >= 4 is 5.91 Å². The molecule has 2 N–H and O–H groups in total. The molecule has 1 unspecified atom stereocenters. The van der Waals surface area contributed by atoms with E-state index in [1.807, 2.05) is 0 Å². The summed E-state index contributed by atoms with van der Waals surface area (Å²) in [6.45, 7) is 4.68. The van der Waals surface area contributed by atoms with Crippen LogP contribution >= 0.6 is 0 Å². The summed E-state index contributed by atoms with van der Waals surface area (Å²) in [4.78, 5) is 12.2. The molecule has 1 amide bonds. The summed E-state index contributed by atoms with van der Waals surface area (Å²) < 4.78 is 24.0. The van der Waals surface area contributed by atoms with Crippen molar-refractivity contribution < 1.29 is 18.7 Å². The molecule has 23 heavy (non-hydrogen) atoms. The third-order valence-corrected chi connectivity index (χ3v) is 4.23. The molecule has 6 heteroatoms. The van der Waals surface area contributed by atoms with Crippen LogP contribution in [0.2, 0.25) is 0 Å². The SMILES string of the molecule is COCC1(CNC(=O)C(C)Oc2cccc(F)c2)CCNCC1. The highest BCUT2D eigenvalue weighted by Crippen LogP contribution is 2.28. The third-order valence-electron chi connectivity index (χ3n) is 4.23. The van der Waals surface area contributed by atoms with Crippen LogP contribution < -0.4 is 15.4 Å². The fourth-order valence-corrected chi connectivity index (χ4v) is 2.85. The Labute approximate surface area is 136 Å². The summed E-state index contributed by atoms with van der Waals surface area (Å²) in [6.07, 6.45) is 1.23. The lowest BCUT2D eigenvalue weighted by Gasteiger charge is -2.37. The van der Waals surface area contributed by atoms with Crippen molar-refractivity contribution in [3.05, 3.63) is 30.1 Å². The van der Waals surface area contributed by atoms with Crippen molar-refractivity contribution in [2.45, 2.75) is 25.9 Å². The quantitative estimate of drug-likeness (QED) is 0.802. The molecule has 1 aromatic rings. The van der Waals surface area contributed by atoms with E-state index in [0.29, 0.717) is 18.9 Å². The largest absolute Gasteiger partial charge is 0.481 e. The standard InChI is InChI=1S/C17H25FN2O3/c1-13(23-15-5-3-4-14(18)10-15)16(21)20-11-17(12-22-2)6-8-19-9-7-17/h3-5,10,13,19H,6-9,11-12H2,1-2H3,(H,20,21). The van der Waals surface area contributed by atoms with Gasteiger partial charge in [-0.3, -0.25) is 4.79 Å².